The summed E-state index contributed by atoms with van der Waals surface area (Å²) in [5, 5.41) is 1.91. The summed E-state index contributed by atoms with van der Waals surface area (Å²) in [5.74, 6) is 0.846. The molecule has 1 fully saturated rings. The molecule has 0 radical (unpaired) electrons. The van der Waals surface area contributed by atoms with E-state index in [1.807, 2.05) is 29.2 Å². The maximum Gasteiger partial charge on any atom is 0.227 e. The zero-order valence-corrected chi connectivity index (χ0v) is 16.5. The Morgan fingerprint density at radius 3 is 2.85 bits per heavy atom. The number of rotatable bonds is 4. The number of benzene rings is 2. The van der Waals surface area contributed by atoms with Gasteiger partial charge in [-0.25, -0.2) is 0 Å². The first-order valence-corrected chi connectivity index (χ1v) is 10.1. The highest BCUT2D eigenvalue weighted by atomic mass is 35.5. The van der Waals surface area contributed by atoms with E-state index in [4.69, 9.17) is 11.6 Å². The molecule has 4 heteroatoms. The van der Waals surface area contributed by atoms with Crippen LogP contribution in [0.25, 0.3) is 10.9 Å². The number of halogens is 1. The van der Waals surface area contributed by atoms with Crippen LogP contribution in [0.2, 0.25) is 5.02 Å². The van der Waals surface area contributed by atoms with Gasteiger partial charge in [-0.1, -0.05) is 48.9 Å². The van der Waals surface area contributed by atoms with Crippen LogP contribution in [0, 0.1) is 5.92 Å². The lowest BCUT2D eigenvalue weighted by molar-refractivity contribution is -0.132. The normalized spacial score (nSPS) is 17.4. The van der Waals surface area contributed by atoms with E-state index in [2.05, 4.69) is 42.0 Å². The SMILES string of the molecule is C[C@H]1CCCN(C(=O)Cc2cn(Cc3cccc(Cl)c3)c3ccccc23)C1. The second-order valence-electron chi connectivity index (χ2n) is 7.69. The fourth-order valence-electron chi connectivity index (χ4n) is 4.12. The number of nitrogens with zero attached hydrogens (tertiary/aromatic N) is 2. The molecule has 1 aliphatic rings. The molecule has 4 rings (SSSR count). The maximum absolute atomic E-state index is 12.9. The number of carbonyl (C=O) groups excluding carboxylic acids is 1. The van der Waals surface area contributed by atoms with E-state index in [0.717, 1.165) is 53.1 Å². The number of fused-ring (bicyclic) bond motifs is 1. The smallest absolute Gasteiger partial charge is 0.227 e. The summed E-state index contributed by atoms with van der Waals surface area (Å²) in [7, 11) is 0. The number of carbonyl (C=O) groups is 1. The van der Waals surface area contributed by atoms with Crippen LogP contribution in [0.5, 0.6) is 0 Å². The highest BCUT2D eigenvalue weighted by Crippen LogP contribution is 2.25. The van der Waals surface area contributed by atoms with Crippen LogP contribution in [0.4, 0.5) is 0 Å². The van der Waals surface area contributed by atoms with Gasteiger partial charge in [-0.3, -0.25) is 4.79 Å². The van der Waals surface area contributed by atoms with Crippen molar-refractivity contribution in [3.05, 3.63) is 70.9 Å². The molecule has 3 aromatic rings. The summed E-state index contributed by atoms with van der Waals surface area (Å²) in [6.07, 6.45) is 4.94. The van der Waals surface area contributed by atoms with Crippen LogP contribution in [0.3, 0.4) is 0 Å². The minimum atomic E-state index is 0.243. The number of para-hydroxylation sites is 1. The fourth-order valence-corrected chi connectivity index (χ4v) is 4.33. The molecule has 27 heavy (non-hydrogen) atoms. The Morgan fingerprint density at radius 2 is 2.04 bits per heavy atom. The number of hydrogen-bond acceptors (Lipinski definition) is 1. The molecule has 1 atom stereocenters. The van der Waals surface area contributed by atoms with Crippen LogP contribution < -0.4 is 0 Å². The molecule has 0 N–H and O–H groups in total. The third kappa shape index (κ3) is 4.03. The Hall–Kier alpha value is -2.26. The molecule has 0 unspecified atom stereocenters. The molecular formula is C23H25ClN2O. The Kier molecular flexibility index (Phi) is 5.22. The fraction of sp³-hybridized carbons (Fsp3) is 0.348. The molecule has 2 heterocycles. The van der Waals surface area contributed by atoms with Gasteiger partial charge in [-0.2, -0.15) is 0 Å². The first-order valence-electron chi connectivity index (χ1n) is 9.69. The quantitative estimate of drug-likeness (QED) is 0.614. The van der Waals surface area contributed by atoms with Gasteiger partial charge in [0.05, 0.1) is 6.42 Å². The van der Waals surface area contributed by atoms with Crippen molar-refractivity contribution >= 4 is 28.4 Å². The van der Waals surface area contributed by atoms with Gasteiger partial charge in [-0.05, 0) is 48.1 Å². The monoisotopic (exact) mass is 380 g/mol. The van der Waals surface area contributed by atoms with Gasteiger partial charge in [0.1, 0.15) is 0 Å². The zero-order chi connectivity index (χ0) is 18.8. The van der Waals surface area contributed by atoms with Crippen molar-refractivity contribution in [2.45, 2.75) is 32.7 Å². The van der Waals surface area contributed by atoms with Gasteiger partial charge in [-0.15, -0.1) is 0 Å². The average Bonchev–Trinajstić information content (AvgIpc) is 2.99. The highest BCUT2D eigenvalue weighted by Gasteiger charge is 2.22. The van der Waals surface area contributed by atoms with Crippen molar-refractivity contribution in [1.29, 1.82) is 0 Å². The van der Waals surface area contributed by atoms with Crippen molar-refractivity contribution in [1.82, 2.24) is 9.47 Å². The van der Waals surface area contributed by atoms with E-state index in [-0.39, 0.29) is 5.91 Å². The van der Waals surface area contributed by atoms with Gasteiger partial charge in [0.15, 0.2) is 0 Å². The van der Waals surface area contributed by atoms with E-state index < -0.39 is 0 Å². The molecule has 0 saturated carbocycles. The topological polar surface area (TPSA) is 25.2 Å². The molecule has 0 bridgehead atoms. The summed E-state index contributed by atoms with van der Waals surface area (Å²) in [6.45, 7) is 4.76. The van der Waals surface area contributed by atoms with Crippen LogP contribution in [0.15, 0.2) is 54.7 Å². The molecule has 1 aromatic heterocycles. The number of hydrogen-bond donors (Lipinski definition) is 0. The Labute approximate surface area is 165 Å². The number of piperidine rings is 1. The molecule has 0 aliphatic carbocycles. The third-order valence-corrected chi connectivity index (χ3v) is 5.70. The van der Waals surface area contributed by atoms with E-state index in [1.165, 1.54) is 6.42 Å². The van der Waals surface area contributed by atoms with Crippen molar-refractivity contribution in [3.63, 3.8) is 0 Å². The Balaban J connectivity index is 1.60. The van der Waals surface area contributed by atoms with Crippen LogP contribution >= 0.6 is 11.6 Å². The van der Waals surface area contributed by atoms with Crippen molar-refractivity contribution < 1.29 is 4.79 Å². The lowest BCUT2D eigenvalue weighted by atomic mass is 9.99. The average molecular weight is 381 g/mol. The molecule has 0 spiro atoms. The summed E-state index contributed by atoms with van der Waals surface area (Å²) < 4.78 is 2.22. The molecule has 1 aliphatic heterocycles. The van der Waals surface area contributed by atoms with Crippen LogP contribution in [0.1, 0.15) is 30.9 Å². The summed E-state index contributed by atoms with van der Waals surface area (Å²) in [5.41, 5.74) is 3.43. The third-order valence-electron chi connectivity index (χ3n) is 5.46. The van der Waals surface area contributed by atoms with Gasteiger partial charge in [0, 0.05) is 41.8 Å². The second-order valence-corrected chi connectivity index (χ2v) is 8.13. The van der Waals surface area contributed by atoms with Gasteiger partial charge < -0.3 is 9.47 Å². The predicted octanol–water partition coefficient (Wildman–Crippen LogP) is 5.14. The van der Waals surface area contributed by atoms with Crippen LogP contribution in [-0.2, 0) is 17.8 Å². The molecule has 1 saturated heterocycles. The lowest BCUT2D eigenvalue weighted by Crippen LogP contribution is -2.39. The zero-order valence-electron chi connectivity index (χ0n) is 15.7. The lowest BCUT2D eigenvalue weighted by Gasteiger charge is -2.31. The summed E-state index contributed by atoms with van der Waals surface area (Å²) in [4.78, 5) is 14.9. The molecular weight excluding hydrogens is 356 g/mol. The molecule has 2 aromatic carbocycles. The van der Waals surface area contributed by atoms with E-state index >= 15 is 0 Å². The van der Waals surface area contributed by atoms with Gasteiger partial charge >= 0.3 is 0 Å². The molecule has 140 valence electrons. The van der Waals surface area contributed by atoms with Gasteiger partial charge in [0.2, 0.25) is 5.91 Å². The Bertz CT molecular complexity index is 962. The molecule has 1 amide bonds. The van der Waals surface area contributed by atoms with E-state index in [9.17, 15) is 4.79 Å². The standard InChI is InChI=1S/C23H25ClN2O/c1-17-6-5-11-25(14-17)23(27)13-19-16-26(22-10-3-2-9-21(19)22)15-18-7-4-8-20(24)12-18/h2-4,7-10,12,16-17H,5-6,11,13-15H2,1H3/t17-/m0/s1. The largest absolute Gasteiger partial charge is 0.343 e. The minimum absolute atomic E-state index is 0.243. The van der Waals surface area contributed by atoms with E-state index in [1.54, 1.807) is 0 Å². The van der Waals surface area contributed by atoms with Crippen molar-refractivity contribution in [2.75, 3.05) is 13.1 Å². The van der Waals surface area contributed by atoms with Gasteiger partial charge in [0.25, 0.3) is 0 Å². The summed E-state index contributed by atoms with van der Waals surface area (Å²) >= 11 is 6.14. The second kappa shape index (κ2) is 7.77. The Morgan fingerprint density at radius 1 is 1.19 bits per heavy atom. The maximum atomic E-state index is 12.9. The first-order chi connectivity index (χ1) is 13.1. The number of amides is 1. The van der Waals surface area contributed by atoms with Crippen LogP contribution in [-0.4, -0.2) is 28.5 Å². The number of aromatic nitrogens is 1. The predicted molar refractivity (Wildman–Crippen MR) is 111 cm³/mol. The van der Waals surface area contributed by atoms with Crippen molar-refractivity contribution in [2.24, 2.45) is 5.92 Å². The minimum Gasteiger partial charge on any atom is -0.343 e. The number of likely N-dealkylation sites (tertiary alicyclic amines) is 1. The van der Waals surface area contributed by atoms with Crippen molar-refractivity contribution in [3.8, 4) is 0 Å². The molecule has 3 nitrogen and oxygen atoms in total. The van der Waals surface area contributed by atoms with E-state index in [0.29, 0.717) is 12.3 Å². The summed E-state index contributed by atoms with van der Waals surface area (Å²) in [6, 6.07) is 16.3. The first kappa shape index (κ1) is 18.1. The highest BCUT2D eigenvalue weighted by molar-refractivity contribution is 6.30.